The first-order valence-electron chi connectivity index (χ1n) is 5.69. The second-order valence-electron chi connectivity index (χ2n) is 4.14. The molecule has 21 heavy (non-hydrogen) atoms. The van der Waals surface area contributed by atoms with E-state index < -0.39 is 45.9 Å². The van der Waals surface area contributed by atoms with Crippen molar-refractivity contribution in [2.24, 2.45) is 0 Å². The highest BCUT2D eigenvalue weighted by Crippen LogP contribution is 2.47. The molecule has 0 atom stereocenters. The van der Waals surface area contributed by atoms with Crippen LogP contribution in [0.15, 0.2) is 30.3 Å². The normalized spacial score (nSPS) is 10.3. The van der Waals surface area contributed by atoms with Gasteiger partial charge in [-0.05, 0) is 0 Å². The molecule has 7 heteroatoms. The van der Waals surface area contributed by atoms with Gasteiger partial charge in [0.25, 0.3) is 0 Å². The molecule has 0 aliphatic carbocycles. The predicted molar refractivity (Wildman–Crippen MR) is 69.9 cm³/mol. The zero-order valence-corrected chi connectivity index (χ0v) is 10.4. The van der Waals surface area contributed by atoms with Crippen molar-refractivity contribution < 1.29 is 35.1 Å². The van der Waals surface area contributed by atoms with Crippen LogP contribution in [0.3, 0.4) is 0 Å². The maximum Gasteiger partial charge on any atom is 0.340 e. The Bertz CT molecular complexity index is 735. The third-order valence-electron chi connectivity index (χ3n) is 2.87. The zero-order valence-electron chi connectivity index (χ0n) is 10.4. The van der Waals surface area contributed by atoms with Gasteiger partial charge in [-0.1, -0.05) is 30.3 Å². The second-order valence-corrected chi connectivity index (χ2v) is 4.14. The zero-order chi connectivity index (χ0) is 15.7. The van der Waals surface area contributed by atoms with E-state index in [-0.39, 0.29) is 5.56 Å². The Balaban J connectivity index is 2.80. The smallest absolute Gasteiger partial charge is 0.340 e. The van der Waals surface area contributed by atoms with Crippen molar-refractivity contribution in [2.45, 2.75) is 0 Å². The summed E-state index contributed by atoms with van der Waals surface area (Å²) in [6.07, 6.45) is 0. The van der Waals surface area contributed by atoms with Crippen molar-refractivity contribution in [3.63, 3.8) is 0 Å². The molecule has 0 aliphatic rings. The van der Waals surface area contributed by atoms with Crippen LogP contribution in [-0.4, -0.2) is 37.3 Å². The van der Waals surface area contributed by atoms with Crippen LogP contribution in [0.5, 0.6) is 23.0 Å². The van der Waals surface area contributed by atoms with Crippen molar-refractivity contribution in [3.8, 4) is 23.0 Å². The molecule has 0 fully saturated rings. The molecule has 0 aliphatic heterocycles. The predicted octanol–water partition coefficient (Wildman–Crippen LogP) is 1.44. The Hall–Kier alpha value is -3.22. The number of carboxylic acids is 1. The summed E-state index contributed by atoms with van der Waals surface area (Å²) in [7, 11) is 0. The number of carbonyl (C=O) groups excluding carboxylic acids is 1. The summed E-state index contributed by atoms with van der Waals surface area (Å²) in [5.41, 5.74) is -1.75. The van der Waals surface area contributed by atoms with Crippen LogP contribution >= 0.6 is 0 Å². The average molecular weight is 290 g/mol. The van der Waals surface area contributed by atoms with Crippen LogP contribution in [-0.2, 0) is 0 Å². The summed E-state index contributed by atoms with van der Waals surface area (Å²) in [5.74, 6) is -7.35. The molecule has 0 heterocycles. The van der Waals surface area contributed by atoms with Crippen LogP contribution in [0, 0.1) is 0 Å². The number of carbonyl (C=O) groups is 2. The minimum Gasteiger partial charge on any atom is -0.504 e. The lowest BCUT2D eigenvalue weighted by Gasteiger charge is -2.12. The Morgan fingerprint density at radius 2 is 1.19 bits per heavy atom. The standard InChI is InChI=1S/C14H10O7/c15-9(6-4-2-1-3-5-6)7-8(14(20)21)11(17)13(19)12(18)10(7)16/h1-5,16-19H,(H,20,21). The number of aromatic carboxylic acids is 1. The van der Waals surface area contributed by atoms with E-state index in [9.17, 15) is 30.0 Å². The van der Waals surface area contributed by atoms with Crippen LogP contribution in [0.25, 0.3) is 0 Å². The molecule has 0 unspecified atom stereocenters. The molecule has 5 N–H and O–H groups in total. The van der Waals surface area contributed by atoms with Crippen molar-refractivity contribution in [1.82, 2.24) is 0 Å². The topological polar surface area (TPSA) is 135 Å². The van der Waals surface area contributed by atoms with Gasteiger partial charge in [0.05, 0.1) is 5.56 Å². The number of ketones is 1. The maximum absolute atomic E-state index is 12.3. The number of benzene rings is 2. The highest BCUT2D eigenvalue weighted by molar-refractivity contribution is 6.17. The summed E-state index contributed by atoms with van der Waals surface area (Å²) in [4.78, 5) is 23.5. The van der Waals surface area contributed by atoms with Gasteiger partial charge in [0.1, 0.15) is 5.56 Å². The van der Waals surface area contributed by atoms with Crippen LogP contribution in [0.1, 0.15) is 26.3 Å². The molecule has 2 rings (SSSR count). The van der Waals surface area contributed by atoms with Gasteiger partial charge in [-0.15, -0.1) is 0 Å². The molecule has 0 saturated heterocycles. The monoisotopic (exact) mass is 290 g/mol. The first-order chi connectivity index (χ1) is 9.86. The molecule has 0 aromatic heterocycles. The Labute approximate surface area is 118 Å². The van der Waals surface area contributed by atoms with Gasteiger partial charge in [0.15, 0.2) is 17.3 Å². The molecule has 2 aromatic carbocycles. The van der Waals surface area contributed by atoms with Crippen molar-refractivity contribution >= 4 is 11.8 Å². The second kappa shape index (κ2) is 5.04. The van der Waals surface area contributed by atoms with E-state index in [1.54, 1.807) is 6.07 Å². The molecule has 108 valence electrons. The van der Waals surface area contributed by atoms with Crippen molar-refractivity contribution in [3.05, 3.63) is 47.0 Å². The van der Waals surface area contributed by atoms with Gasteiger partial charge in [0.2, 0.25) is 11.5 Å². The first-order valence-corrected chi connectivity index (χ1v) is 5.69. The van der Waals surface area contributed by atoms with Gasteiger partial charge in [-0.3, -0.25) is 4.79 Å². The largest absolute Gasteiger partial charge is 0.504 e. The van der Waals surface area contributed by atoms with E-state index in [2.05, 4.69) is 0 Å². The summed E-state index contributed by atoms with van der Waals surface area (Å²) in [5, 5.41) is 47.2. The molecule has 0 radical (unpaired) electrons. The van der Waals surface area contributed by atoms with Gasteiger partial charge < -0.3 is 25.5 Å². The number of hydrogen-bond acceptors (Lipinski definition) is 6. The van der Waals surface area contributed by atoms with E-state index >= 15 is 0 Å². The van der Waals surface area contributed by atoms with Crippen LogP contribution < -0.4 is 0 Å². The van der Waals surface area contributed by atoms with E-state index in [0.29, 0.717) is 0 Å². The molecule has 0 amide bonds. The van der Waals surface area contributed by atoms with Gasteiger partial charge in [0, 0.05) is 5.56 Å². The van der Waals surface area contributed by atoms with Crippen LogP contribution in [0.2, 0.25) is 0 Å². The third-order valence-corrected chi connectivity index (χ3v) is 2.87. The molecule has 2 aromatic rings. The molecule has 0 saturated carbocycles. The molecular weight excluding hydrogens is 280 g/mol. The summed E-state index contributed by atoms with van der Waals surface area (Å²) >= 11 is 0. The van der Waals surface area contributed by atoms with Gasteiger partial charge in [-0.25, -0.2) is 4.79 Å². The fourth-order valence-electron chi connectivity index (χ4n) is 1.86. The lowest BCUT2D eigenvalue weighted by atomic mass is 9.95. The molecular formula is C14H10O7. The minimum atomic E-state index is -1.74. The lowest BCUT2D eigenvalue weighted by Crippen LogP contribution is -2.10. The quantitative estimate of drug-likeness (QED) is 0.328. The van der Waals surface area contributed by atoms with Gasteiger partial charge >= 0.3 is 5.97 Å². The SMILES string of the molecule is O=C(O)c1c(O)c(O)c(O)c(O)c1C(=O)c1ccccc1. The maximum atomic E-state index is 12.3. The number of carboxylic acid groups (broad SMARTS) is 1. The van der Waals surface area contributed by atoms with E-state index in [4.69, 9.17) is 5.11 Å². The van der Waals surface area contributed by atoms with E-state index in [1.807, 2.05) is 0 Å². The first kappa shape index (κ1) is 14.2. The number of phenolic OH excluding ortho intramolecular Hbond substituents is 3. The molecule has 0 bridgehead atoms. The highest BCUT2D eigenvalue weighted by Gasteiger charge is 2.31. The molecule has 0 spiro atoms. The minimum absolute atomic E-state index is 0.0415. The fourth-order valence-corrected chi connectivity index (χ4v) is 1.86. The Morgan fingerprint density at radius 3 is 1.67 bits per heavy atom. The summed E-state index contributed by atoms with van der Waals surface area (Å²) < 4.78 is 0. The number of phenols is 4. The highest BCUT2D eigenvalue weighted by atomic mass is 16.4. The number of aromatic hydroxyl groups is 4. The lowest BCUT2D eigenvalue weighted by molar-refractivity contribution is 0.0687. The van der Waals surface area contributed by atoms with Crippen molar-refractivity contribution in [1.29, 1.82) is 0 Å². The van der Waals surface area contributed by atoms with Crippen LogP contribution in [0.4, 0.5) is 0 Å². The number of hydrogen-bond donors (Lipinski definition) is 5. The van der Waals surface area contributed by atoms with E-state index in [1.165, 1.54) is 24.3 Å². The Kier molecular flexibility index (Phi) is 3.41. The fraction of sp³-hybridized carbons (Fsp3) is 0. The summed E-state index contributed by atoms with van der Waals surface area (Å²) in [6.45, 7) is 0. The Morgan fingerprint density at radius 1 is 0.714 bits per heavy atom. The average Bonchev–Trinajstić information content (AvgIpc) is 2.48. The van der Waals surface area contributed by atoms with Crippen molar-refractivity contribution in [2.75, 3.05) is 0 Å². The van der Waals surface area contributed by atoms with Gasteiger partial charge in [-0.2, -0.15) is 0 Å². The number of rotatable bonds is 3. The van der Waals surface area contributed by atoms with E-state index in [0.717, 1.165) is 0 Å². The third kappa shape index (κ3) is 2.20. The summed E-state index contributed by atoms with van der Waals surface area (Å²) in [6, 6.07) is 7.40. The molecule has 7 nitrogen and oxygen atoms in total.